The largest absolute Gasteiger partial charge is 0.371 e. The smallest absolute Gasteiger partial charge is 0.228 e. The van der Waals surface area contributed by atoms with Gasteiger partial charge in [0.1, 0.15) is 5.72 Å². The predicted octanol–water partition coefficient (Wildman–Crippen LogP) is 1.17. The monoisotopic (exact) mass is 195 g/mol. The topological polar surface area (TPSA) is 49.3 Å². The third-order valence-electron chi connectivity index (χ3n) is 4.57. The van der Waals surface area contributed by atoms with Crippen LogP contribution in [0.4, 0.5) is 0 Å². The van der Waals surface area contributed by atoms with Crippen molar-refractivity contribution in [1.82, 2.24) is 5.32 Å². The lowest BCUT2D eigenvalue weighted by Gasteiger charge is -2.29. The number of amides is 1. The highest BCUT2D eigenvalue weighted by atomic mass is 16.3. The van der Waals surface area contributed by atoms with E-state index < -0.39 is 5.72 Å². The molecule has 2 atom stereocenters. The van der Waals surface area contributed by atoms with E-state index in [1.54, 1.807) is 0 Å². The van der Waals surface area contributed by atoms with Crippen molar-refractivity contribution in [2.45, 2.75) is 50.7 Å². The Morgan fingerprint density at radius 1 is 1.21 bits per heavy atom. The van der Waals surface area contributed by atoms with E-state index in [-0.39, 0.29) is 17.2 Å². The molecule has 14 heavy (non-hydrogen) atoms. The second kappa shape index (κ2) is 2.51. The lowest BCUT2D eigenvalue weighted by Crippen LogP contribution is -2.42. The number of fused-ring (bicyclic) bond motifs is 2. The van der Waals surface area contributed by atoms with Gasteiger partial charge in [-0.3, -0.25) is 4.79 Å². The van der Waals surface area contributed by atoms with Crippen LogP contribution in [0.2, 0.25) is 0 Å². The molecule has 2 aliphatic carbocycles. The third-order valence-corrected chi connectivity index (χ3v) is 4.57. The molecule has 3 aliphatic rings. The molecule has 0 bridgehead atoms. The minimum atomic E-state index is -0.846. The van der Waals surface area contributed by atoms with Crippen LogP contribution in [0.15, 0.2) is 0 Å². The Balaban J connectivity index is 2.01. The van der Waals surface area contributed by atoms with Gasteiger partial charge in [0, 0.05) is 5.92 Å². The van der Waals surface area contributed by atoms with Gasteiger partial charge in [0.2, 0.25) is 5.91 Å². The Hall–Kier alpha value is -0.570. The maximum absolute atomic E-state index is 11.9. The summed E-state index contributed by atoms with van der Waals surface area (Å²) in [6, 6.07) is 0. The average Bonchev–Trinajstić information content (AvgIpc) is 2.74. The number of nitrogens with one attached hydrogen (secondary N) is 1. The minimum Gasteiger partial charge on any atom is -0.371 e. The molecule has 3 nitrogen and oxygen atoms in total. The molecule has 1 heterocycles. The summed E-state index contributed by atoms with van der Waals surface area (Å²) < 4.78 is 0. The highest BCUT2D eigenvalue weighted by Gasteiger charge is 2.63. The Morgan fingerprint density at radius 3 is 2.64 bits per heavy atom. The Bertz CT molecular complexity index is 283. The summed E-state index contributed by atoms with van der Waals surface area (Å²) in [5.74, 6) is 0.326. The van der Waals surface area contributed by atoms with Gasteiger partial charge in [-0.1, -0.05) is 12.8 Å². The average molecular weight is 195 g/mol. The summed E-state index contributed by atoms with van der Waals surface area (Å²) in [6.45, 7) is 0. The molecule has 2 N–H and O–H groups in total. The van der Waals surface area contributed by atoms with Crippen molar-refractivity contribution in [3.05, 3.63) is 0 Å². The van der Waals surface area contributed by atoms with Crippen LogP contribution in [0.1, 0.15) is 44.9 Å². The van der Waals surface area contributed by atoms with Crippen molar-refractivity contribution < 1.29 is 9.90 Å². The zero-order valence-corrected chi connectivity index (χ0v) is 8.38. The molecule has 1 aliphatic heterocycles. The Morgan fingerprint density at radius 2 is 1.93 bits per heavy atom. The predicted molar refractivity (Wildman–Crippen MR) is 51.3 cm³/mol. The molecule has 0 aromatic heterocycles. The zero-order valence-electron chi connectivity index (χ0n) is 8.38. The van der Waals surface area contributed by atoms with Gasteiger partial charge in [-0.2, -0.15) is 0 Å². The fourth-order valence-corrected chi connectivity index (χ4v) is 3.93. The summed E-state index contributed by atoms with van der Waals surface area (Å²) in [7, 11) is 0. The molecular weight excluding hydrogens is 178 g/mol. The van der Waals surface area contributed by atoms with Crippen LogP contribution in [-0.2, 0) is 4.79 Å². The molecule has 0 aromatic rings. The maximum Gasteiger partial charge on any atom is 0.228 e. The molecule has 1 amide bonds. The highest BCUT2D eigenvalue weighted by Crippen LogP contribution is 2.57. The van der Waals surface area contributed by atoms with E-state index in [4.69, 9.17) is 0 Å². The maximum atomic E-state index is 11.9. The van der Waals surface area contributed by atoms with Gasteiger partial charge in [0.05, 0.1) is 5.41 Å². The fraction of sp³-hybridized carbons (Fsp3) is 0.909. The first-order chi connectivity index (χ1) is 6.67. The number of carbonyl (C=O) groups is 1. The van der Waals surface area contributed by atoms with E-state index in [1.165, 1.54) is 0 Å². The number of hydrogen-bond acceptors (Lipinski definition) is 2. The van der Waals surface area contributed by atoms with Gasteiger partial charge in [-0.25, -0.2) is 0 Å². The van der Waals surface area contributed by atoms with E-state index in [0.29, 0.717) is 0 Å². The van der Waals surface area contributed by atoms with Gasteiger partial charge < -0.3 is 10.4 Å². The van der Waals surface area contributed by atoms with Crippen LogP contribution < -0.4 is 5.32 Å². The van der Waals surface area contributed by atoms with Gasteiger partial charge in [-0.05, 0) is 32.1 Å². The van der Waals surface area contributed by atoms with Gasteiger partial charge in [0.15, 0.2) is 0 Å². The molecular formula is C11H17NO2. The molecule has 3 heteroatoms. The first-order valence-electron chi connectivity index (χ1n) is 5.72. The number of rotatable bonds is 0. The van der Waals surface area contributed by atoms with Crippen molar-refractivity contribution in [2.75, 3.05) is 0 Å². The molecule has 0 aromatic carbocycles. The quantitative estimate of drug-likeness (QED) is 0.609. The third kappa shape index (κ3) is 0.842. The molecule has 0 radical (unpaired) electrons. The van der Waals surface area contributed by atoms with E-state index >= 15 is 0 Å². The van der Waals surface area contributed by atoms with Gasteiger partial charge in [0.25, 0.3) is 0 Å². The molecule has 1 saturated heterocycles. The van der Waals surface area contributed by atoms with Crippen LogP contribution in [0.5, 0.6) is 0 Å². The summed E-state index contributed by atoms with van der Waals surface area (Å²) >= 11 is 0. The number of hydrogen-bond donors (Lipinski definition) is 2. The van der Waals surface area contributed by atoms with E-state index in [1.807, 2.05) is 0 Å². The summed E-state index contributed by atoms with van der Waals surface area (Å²) in [4.78, 5) is 11.9. The van der Waals surface area contributed by atoms with Gasteiger partial charge >= 0.3 is 0 Å². The molecule has 2 saturated carbocycles. The zero-order chi connectivity index (χ0) is 9.81. The second-order valence-corrected chi connectivity index (χ2v) is 5.19. The number of aliphatic hydroxyl groups is 1. The van der Waals surface area contributed by atoms with Crippen molar-refractivity contribution in [3.63, 3.8) is 0 Å². The molecule has 3 rings (SSSR count). The first kappa shape index (κ1) is 8.72. The summed E-state index contributed by atoms with van der Waals surface area (Å²) in [5.41, 5.74) is -1.04. The van der Waals surface area contributed by atoms with Crippen molar-refractivity contribution in [3.8, 4) is 0 Å². The Kier molecular flexibility index (Phi) is 1.56. The standard InChI is InChI=1S/C11H17NO2/c13-9-10(5-1-2-6-10)8-4-3-7-11(8,14)12-9/h8,14H,1-7H2,(H,12,13). The summed E-state index contributed by atoms with van der Waals surface area (Å²) in [5, 5.41) is 13.1. The van der Waals surface area contributed by atoms with Crippen molar-refractivity contribution in [2.24, 2.45) is 11.3 Å². The Labute approximate surface area is 83.9 Å². The number of carbonyl (C=O) groups excluding carboxylic acids is 1. The minimum absolute atomic E-state index is 0.127. The molecule has 1 spiro atoms. The fourth-order valence-electron chi connectivity index (χ4n) is 3.93. The van der Waals surface area contributed by atoms with E-state index in [2.05, 4.69) is 5.32 Å². The summed E-state index contributed by atoms with van der Waals surface area (Å²) in [6.07, 6.45) is 7.13. The first-order valence-corrected chi connectivity index (χ1v) is 5.72. The molecule has 78 valence electrons. The van der Waals surface area contributed by atoms with Crippen molar-refractivity contribution >= 4 is 5.91 Å². The second-order valence-electron chi connectivity index (χ2n) is 5.19. The molecule has 2 unspecified atom stereocenters. The van der Waals surface area contributed by atoms with Crippen LogP contribution in [0, 0.1) is 11.3 Å². The van der Waals surface area contributed by atoms with E-state index in [9.17, 15) is 9.90 Å². The lowest BCUT2D eigenvalue weighted by molar-refractivity contribution is -0.129. The SMILES string of the molecule is O=C1NC2(O)CCCC2C12CCCC2. The molecule has 3 fully saturated rings. The normalized spacial score (nSPS) is 44.4. The van der Waals surface area contributed by atoms with E-state index in [0.717, 1.165) is 44.9 Å². The van der Waals surface area contributed by atoms with Crippen LogP contribution in [0.3, 0.4) is 0 Å². The van der Waals surface area contributed by atoms with Crippen LogP contribution in [0.25, 0.3) is 0 Å². The highest BCUT2D eigenvalue weighted by molar-refractivity contribution is 5.87. The van der Waals surface area contributed by atoms with Crippen LogP contribution >= 0.6 is 0 Å². The lowest BCUT2D eigenvalue weighted by atomic mass is 9.73. The van der Waals surface area contributed by atoms with Crippen LogP contribution in [-0.4, -0.2) is 16.7 Å². The van der Waals surface area contributed by atoms with Crippen molar-refractivity contribution in [1.29, 1.82) is 0 Å². The van der Waals surface area contributed by atoms with Gasteiger partial charge in [-0.15, -0.1) is 0 Å².